The topological polar surface area (TPSA) is 53.2 Å². The summed E-state index contributed by atoms with van der Waals surface area (Å²) in [6, 6.07) is 1.23. The van der Waals surface area contributed by atoms with Gasteiger partial charge in [0.05, 0.1) is 0 Å². The fraction of sp³-hybridized carbons (Fsp3) is 0.909. The van der Waals surface area contributed by atoms with E-state index in [9.17, 15) is 4.79 Å². The average molecular weight is 211 g/mol. The van der Waals surface area contributed by atoms with Crippen molar-refractivity contribution in [3.05, 3.63) is 0 Å². The summed E-state index contributed by atoms with van der Waals surface area (Å²) in [5, 5.41) is 9.19. The number of carbonyl (C=O) groups is 1. The van der Waals surface area contributed by atoms with E-state index >= 15 is 0 Å². The van der Waals surface area contributed by atoms with Gasteiger partial charge in [-0.3, -0.25) is 0 Å². The van der Waals surface area contributed by atoms with Crippen LogP contribution in [0.5, 0.6) is 0 Å². The number of amides is 2. The maximum Gasteiger partial charge on any atom is 0.315 e. The quantitative estimate of drug-likeness (QED) is 0.574. The molecule has 2 aliphatic rings. The number of unbranched alkanes of at least 4 members (excludes halogenated alkanes) is 1. The van der Waals surface area contributed by atoms with Crippen molar-refractivity contribution in [2.75, 3.05) is 13.1 Å². The molecule has 0 aromatic heterocycles. The van der Waals surface area contributed by atoms with Crippen molar-refractivity contribution in [2.45, 2.75) is 50.6 Å². The van der Waals surface area contributed by atoms with Crippen LogP contribution in [0.3, 0.4) is 0 Å². The van der Waals surface area contributed by atoms with Crippen LogP contribution >= 0.6 is 0 Å². The highest BCUT2D eigenvalue weighted by Crippen LogP contribution is 2.18. The Morgan fingerprint density at radius 1 is 1.27 bits per heavy atom. The van der Waals surface area contributed by atoms with Crippen LogP contribution in [0, 0.1) is 0 Å². The molecule has 2 rings (SSSR count). The first-order valence-electron chi connectivity index (χ1n) is 6.12. The summed E-state index contributed by atoms with van der Waals surface area (Å²) >= 11 is 0. The van der Waals surface area contributed by atoms with Gasteiger partial charge in [0.2, 0.25) is 0 Å². The molecule has 4 nitrogen and oxygen atoms in total. The zero-order valence-corrected chi connectivity index (χ0v) is 9.22. The van der Waals surface area contributed by atoms with Gasteiger partial charge in [-0.15, -0.1) is 0 Å². The van der Waals surface area contributed by atoms with Crippen molar-refractivity contribution in [3.63, 3.8) is 0 Å². The maximum atomic E-state index is 11.2. The predicted molar refractivity (Wildman–Crippen MR) is 59.8 cm³/mol. The second-order valence-corrected chi connectivity index (χ2v) is 4.61. The van der Waals surface area contributed by atoms with E-state index in [-0.39, 0.29) is 6.03 Å². The second-order valence-electron chi connectivity index (χ2n) is 4.61. The Kier molecular flexibility index (Phi) is 3.83. The Labute approximate surface area is 91.2 Å². The molecule has 1 aliphatic carbocycles. The fourth-order valence-electron chi connectivity index (χ4n) is 1.78. The molecular weight excluding hydrogens is 190 g/mol. The molecule has 0 bridgehead atoms. The molecule has 2 amide bonds. The van der Waals surface area contributed by atoms with Gasteiger partial charge in [0.1, 0.15) is 0 Å². The summed E-state index contributed by atoms with van der Waals surface area (Å²) < 4.78 is 0. The average Bonchev–Trinajstić information content (AvgIpc) is 2.91. The van der Waals surface area contributed by atoms with Crippen molar-refractivity contribution in [3.8, 4) is 0 Å². The van der Waals surface area contributed by atoms with Gasteiger partial charge in [-0.25, -0.2) is 4.79 Å². The normalized spacial score (nSPS) is 24.4. The summed E-state index contributed by atoms with van der Waals surface area (Å²) in [5.41, 5.74) is 0. The molecule has 86 valence electrons. The van der Waals surface area contributed by atoms with E-state index in [0.717, 1.165) is 31.8 Å². The number of urea groups is 1. The van der Waals surface area contributed by atoms with Gasteiger partial charge in [-0.1, -0.05) is 6.42 Å². The lowest BCUT2D eigenvalue weighted by molar-refractivity contribution is 0.240. The summed E-state index contributed by atoms with van der Waals surface area (Å²) in [6.45, 7) is 2.00. The highest BCUT2D eigenvalue weighted by molar-refractivity contribution is 5.74. The molecule has 2 fully saturated rings. The Hall–Kier alpha value is -0.770. The first kappa shape index (κ1) is 10.7. The molecule has 1 aliphatic heterocycles. The Balaban J connectivity index is 1.38. The van der Waals surface area contributed by atoms with Gasteiger partial charge in [-0.05, 0) is 38.6 Å². The lowest BCUT2D eigenvalue weighted by Crippen LogP contribution is -2.42. The zero-order valence-electron chi connectivity index (χ0n) is 9.22. The maximum absolute atomic E-state index is 11.2. The van der Waals surface area contributed by atoms with E-state index in [2.05, 4.69) is 16.0 Å². The van der Waals surface area contributed by atoms with Crippen LogP contribution in [-0.2, 0) is 0 Å². The Bertz CT molecular complexity index is 212. The second kappa shape index (κ2) is 5.35. The summed E-state index contributed by atoms with van der Waals surface area (Å²) in [6.07, 6.45) is 7.20. The number of rotatable bonds is 6. The summed E-state index contributed by atoms with van der Waals surface area (Å²) in [4.78, 5) is 11.2. The minimum absolute atomic E-state index is 0.0132. The minimum Gasteiger partial charge on any atom is -0.338 e. The van der Waals surface area contributed by atoms with Gasteiger partial charge in [0.15, 0.2) is 0 Å². The summed E-state index contributed by atoms with van der Waals surface area (Å²) in [7, 11) is 0. The third-order valence-corrected chi connectivity index (χ3v) is 3.10. The smallest absolute Gasteiger partial charge is 0.315 e. The highest BCUT2D eigenvalue weighted by atomic mass is 16.2. The van der Waals surface area contributed by atoms with E-state index in [1.165, 1.54) is 25.8 Å². The molecule has 1 heterocycles. The predicted octanol–water partition coefficient (Wildman–Crippen LogP) is 0.980. The molecule has 0 spiro atoms. The van der Waals surface area contributed by atoms with Crippen LogP contribution in [0.25, 0.3) is 0 Å². The molecule has 4 heteroatoms. The molecule has 1 atom stereocenters. The number of hydrogen-bond acceptors (Lipinski definition) is 2. The van der Waals surface area contributed by atoms with Gasteiger partial charge < -0.3 is 16.0 Å². The van der Waals surface area contributed by atoms with Crippen molar-refractivity contribution in [2.24, 2.45) is 0 Å². The number of hydrogen-bond donors (Lipinski definition) is 3. The van der Waals surface area contributed by atoms with Crippen molar-refractivity contribution >= 4 is 6.03 Å². The molecule has 0 aromatic rings. The Morgan fingerprint density at radius 3 is 2.67 bits per heavy atom. The molecular formula is C11H21N3O. The summed E-state index contributed by atoms with van der Waals surface area (Å²) in [5.74, 6) is 0. The molecule has 1 saturated heterocycles. The lowest BCUT2D eigenvalue weighted by atomic mass is 10.0. The number of nitrogens with one attached hydrogen (secondary N) is 3. The van der Waals surface area contributed by atoms with Crippen LogP contribution in [0.15, 0.2) is 0 Å². The van der Waals surface area contributed by atoms with E-state index in [1.54, 1.807) is 0 Å². The molecule has 3 N–H and O–H groups in total. The highest BCUT2D eigenvalue weighted by Gasteiger charge is 2.22. The Morgan fingerprint density at radius 2 is 2.07 bits per heavy atom. The third kappa shape index (κ3) is 4.08. The zero-order chi connectivity index (χ0) is 10.5. The molecule has 15 heavy (non-hydrogen) atoms. The van der Waals surface area contributed by atoms with Crippen molar-refractivity contribution < 1.29 is 4.79 Å². The van der Waals surface area contributed by atoms with Gasteiger partial charge in [0, 0.05) is 18.6 Å². The molecule has 1 unspecified atom stereocenters. The SMILES string of the molecule is O=C(NCCCCC1CCN1)NC1CC1. The molecule has 0 radical (unpaired) electrons. The first-order chi connectivity index (χ1) is 7.34. The lowest BCUT2D eigenvalue weighted by Gasteiger charge is -2.27. The van der Waals surface area contributed by atoms with Gasteiger partial charge in [-0.2, -0.15) is 0 Å². The van der Waals surface area contributed by atoms with Crippen LogP contribution in [0.1, 0.15) is 38.5 Å². The first-order valence-corrected chi connectivity index (χ1v) is 6.12. The van der Waals surface area contributed by atoms with Gasteiger partial charge in [0.25, 0.3) is 0 Å². The largest absolute Gasteiger partial charge is 0.338 e. The van der Waals surface area contributed by atoms with Crippen LogP contribution < -0.4 is 16.0 Å². The number of carbonyl (C=O) groups excluding carboxylic acids is 1. The monoisotopic (exact) mass is 211 g/mol. The van der Waals surface area contributed by atoms with E-state index in [0.29, 0.717) is 6.04 Å². The molecule has 1 saturated carbocycles. The van der Waals surface area contributed by atoms with E-state index in [1.807, 2.05) is 0 Å². The fourth-order valence-corrected chi connectivity index (χ4v) is 1.78. The van der Waals surface area contributed by atoms with E-state index < -0.39 is 0 Å². The van der Waals surface area contributed by atoms with Crippen LogP contribution in [0.4, 0.5) is 4.79 Å². The van der Waals surface area contributed by atoms with Crippen molar-refractivity contribution in [1.29, 1.82) is 0 Å². The van der Waals surface area contributed by atoms with Crippen LogP contribution in [-0.4, -0.2) is 31.2 Å². The van der Waals surface area contributed by atoms with Gasteiger partial charge >= 0.3 is 6.03 Å². The minimum atomic E-state index is 0.0132. The van der Waals surface area contributed by atoms with Crippen LogP contribution in [0.2, 0.25) is 0 Å². The van der Waals surface area contributed by atoms with Crippen molar-refractivity contribution in [1.82, 2.24) is 16.0 Å². The molecule has 0 aromatic carbocycles. The standard InChI is InChI=1S/C11H21N3O/c15-11(14-10-4-5-10)13-7-2-1-3-9-6-8-12-9/h9-10,12H,1-8H2,(H2,13,14,15). The van der Waals surface area contributed by atoms with E-state index in [4.69, 9.17) is 0 Å². The third-order valence-electron chi connectivity index (χ3n) is 3.10.